The van der Waals surface area contributed by atoms with Gasteiger partial charge < -0.3 is 9.05 Å². The number of benzene rings is 8. The van der Waals surface area contributed by atoms with E-state index in [-0.39, 0.29) is 11.5 Å². The fourth-order valence-corrected chi connectivity index (χ4v) is 11.1. The fourth-order valence-electron chi connectivity index (χ4n) is 6.98. The third-order valence-electron chi connectivity index (χ3n) is 9.33. The molecule has 9 rings (SSSR count). The Balaban J connectivity index is 1.44. The molecule has 1 aliphatic rings. The number of alkyl halides is 3. The van der Waals surface area contributed by atoms with E-state index >= 15 is 0 Å². The van der Waals surface area contributed by atoms with E-state index in [0.717, 1.165) is 43.1 Å². The van der Waals surface area contributed by atoms with Crippen molar-refractivity contribution in [3.63, 3.8) is 0 Å². The van der Waals surface area contributed by atoms with Crippen molar-refractivity contribution in [3.05, 3.63) is 146 Å². The van der Waals surface area contributed by atoms with Gasteiger partial charge in [0.15, 0.2) is 0 Å². The highest BCUT2D eigenvalue weighted by Crippen LogP contribution is 2.62. The SMILES string of the molecule is O=S(=O)(NP1(=S)Oc2c(-c3ccc4ccccc4c3)cc3ccccc3c2-c2c(c(-c3ccc4ccccc4c3)cc3ccccc23)O1)C(F)(F)F. The first-order chi connectivity index (χ1) is 25.0. The summed E-state index contributed by atoms with van der Waals surface area (Å²) in [6.45, 7) is -4.61. The summed E-state index contributed by atoms with van der Waals surface area (Å²) in [5.74, 6) is 0.225. The van der Waals surface area contributed by atoms with Crippen LogP contribution in [0.25, 0.3) is 76.5 Å². The highest BCUT2D eigenvalue weighted by atomic mass is 32.5. The molecule has 5 nitrogen and oxygen atoms in total. The van der Waals surface area contributed by atoms with Crippen LogP contribution >= 0.6 is 6.64 Å². The average Bonchev–Trinajstić information content (AvgIpc) is 3.27. The van der Waals surface area contributed by atoms with Gasteiger partial charge in [0.05, 0.1) is 0 Å². The average molecular weight is 748 g/mol. The number of fused-ring (bicyclic) bond motifs is 9. The molecule has 256 valence electrons. The molecule has 0 amide bonds. The highest BCUT2D eigenvalue weighted by molar-refractivity contribution is 8.14. The Morgan fingerprint density at radius 2 is 0.904 bits per heavy atom. The normalized spacial score (nSPS) is 14.1. The second-order valence-corrected chi connectivity index (χ2v) is 17.5. The summed E-state index contributed by atoms with van der Waals surface area (Å²) in [6.07, 6.45) is 0. The Kier molecular flexibility index (Phi) is 7.47. The van der Waals surface area contributed by atoms with E-state index in [4.69, 9.17) is 20.9 Å². The van der Waals surface area contributed by atoms with Crippen molar-refractivity contribution in [1.82, 2.24) is 4.49 Å². The molecule has 8 aromatic carbocycles. The first kappa shape index (κ1) is 32.6. The molecule has 0 bridgehead atoms. The van der Waals surface area contributed by atoms with Gasteiger partial charge in [-0.05, 0) is 78.5 Å². The zero-order chi connectivity index (χ0) is 35.8. The van der Waals surface area contributed by atoms with Crippen LogP contribution in [0.2, 0.25) is 0 Å². The maximum atomic E-state index is 14.1. The summed E-state index contributed by atoms with van der Waals surface area (Å²) < 4.78 is 82.5. The Hall–Kier alpha value is -5.25. The van der Waals surface area contributed by atoms with E-state index in [9.17, 15) is 21.6 Å². The maximum Gasteiger partial charge on any atom is 0.511 e. The second-order valence-electron chi connectivity index (χ2n) is 12.5. The minimum absolute atomic E-state index is 0.113. The molecule has 0 aromatic heterocycles. The van der Waals surface area contributed by atoms with Gasteiger partial charge in [0.25, 0.3) is 0 Å². The van der Waals surface area contributed by atoms with Crippen LogP contribution in [-0.2, 0) is 21.8 Å². The molecule has 1 N–H and O–H groups in total. The van der Waals surface area contributed by atoms with Crippen LogP contribution in [0.5, 0.6) is 11.5 Å². The highest BCUT2D eigenvalue weighted by Gasteiger charge is 2.51. The predicted octanol–water partition coefficient (Wildman–Crippen LogP) is 11.7. The molecule has 8 aromatic rings. The van der Waals surface area contributed by atoms with Gasteiger partial charge in [-0.1, -0.05) is 121 Å². The summed E-state index contributed by atoms with van der Waals surface area (Å²) in [4.78, 5) is 0. The third-order valence-corrected chi connectivity index (χ3v) is 13.8. The smallest absolute Gasteiger partial charge is 0.423 e. The molecule has 1 heterocycles. The van der Waals surface area contributed by atoms with Gasteiger partial charge in [-0.25, -0.2) is 8.42 Å². The molecule has 52 heavy (non-hydrogen) atoms. The Morgan fingerprint density at radius 3 is 1.33 bits per heavy atom. The van der Waals surface area contributed by atoms with Crippen molar-refractivity contribution in [2.24, 2.45) is 0 Å². The first-order valence-corrected chi connectivity index (χ1v) is 20.3. The van der Waals surface area contributed by atoms with Crippen LogP contribution in [0, 0.1) is 0 Å². The summed E-state index contributed by atoms with van der Waals surface area (Å²) >= 11 is 5.80. The molecule has 0 saturated carbocycles. The molecular weight excluding hydrogens is 723 g/mol. The minimum Gasteiger partial charge on any atom is -0.423 e. The van der Waals surface area contributed by atoms with Crippen LogP contribution in [0.15, 0.2) is 146 Å². The van der Waals surface area contributed by atoms with Gasteiger partial charge >= 0.3 is 22.2 Å². The lowest BCUT2D eigenvalue weighted by Crippen LogP contribution is -2.36. The van der Waals surface area contributed by atoms with Gasteiger partial charge in [0, 0.05) is 34.1 Å². The topological polar surface area (TPSA) is 64.6 Å². The summed E-state index contributed by atoms with van der Waals surface area (Å²) in [5, 5.41) is 6.91. The molecule has 0 atom stereocenters. The molecule has 1 aliphatic heterocycles. The van der Waals surface area contributed by atoms with E-state index in [1.807, 2.05) is 146 Å². The lowest BCUT2D eigenvalue weighted by Gasteiger charge is -2.25. The quantitative estimate of drug-likeness (QED) is 0.182. The molecule has 0 saturated heterocycles. The van der Waals surface area contributed by atoms with Crippen molar-refractivity contribution in [2.75, 3.05) is 0 Å². The summed E-state index contributed by atoms with van der Waals surface area (Å²) in [5.41, 5.74) is -2.23. The summed E-state index contributed by atoms with van der Waals surface area (Å²) in [7, 11) is -6.03. The molecule has 0 fully saturated rings. The zero-order valence-electron chi connectivity index (χ0n) is 26.9. The van der Waals surface area contributed by atoms with Crippen molar-refractivity contribution in [1.29, 1.82) is 0 Å². The van der Waals surface area contributed by atoms with E-state index in [1.165, 1.54) is 0 Å². The lowest BCUT2D eigenvalue weighted by molar-refractivity contribution is -0.0442. The van der Waals surface area contributed by atoms with E-state index in [0.29, 0.717) is 33.4 Å². The Morgan fingerprint density at radius 1 is 0.519 bits per heavy atom. The number of nitrogens with one attached hydrogen (secondary N) is 1. The molecular formula is C41H25F3NO4PS2. The van der Waals surface area contributed by atoms with E-state index in [2.05, 4.69) is 0 Å². The number of rotatable bonds is 4. The van der Waals surface area contributed by atoms with Gasteiger partial charge in [-0.2, -0.15) is 13.2 Å². The number of sulfonamides is 1. The molecule has 0 unspecified atom stereocenters. The minimum atomic E-state index is -6.03. The molecule has 0 radical (unpaired) electrons. The fraction of sp³-hybridized carbons (Fsp3) is 0.0244. The van der Waals surface area contributed by atoms with Crippen molar-refractivity contribution in [3.8, 4) is 44.9 Å². The maximum absolute atomic E-state index is 14.1. The summed E-state index contributed by atoms with van der Waals surface area (Å²) in [6, 6.07) is 46.2. The van der Waals surface area contributed by atoms with Crippen molar-refractivity contribution in [2.45, 2.75) is 5.51 Å². The first-order valence-electron chi connectivity index (χ1n) is 16.2. The Bertz CT molecular complexity index is 2770. The Labute approximate surface area is 301 Å². The van der Waals surface area contributed by atoms with Crippen molar-refractivity contribution >= 4 is 71.6 Å². The van der Waals surface area contributed by atoms with Crippen LogP contribution < -0.4 is 13.5 Å². The largest absolute Gasteiger partial charge is 0.511 e. The van der Waals surface area contributed by atoms with Crippen LogP contribution in [0.1, 0.15) is 0 Å². The standard InChI is InChI=1S/C41H25F3NO4PS2/c42-41(43,44)52(46,47)45-50(51)48-39-35(31-19-17-25-9-1-3-11-27(25)21-31)23-29-13-5-7-15-33(29)37(39)38-34-16-8-6-14-30(34)24-36(40(38)49-50)32-20-18-26-10-2-4-12-28(26)22-32/h1-24H,(H,45,51). The third kappa shape index (κ3) is 5.42. The molecule has 0 aliphatic carbocycles. The van der Waals surface area contributed by atoms with Crippen LogP contribution in [-0.4, -0.2) is 13.9 Å². The van der Waals surface area contributed by atoms with Crippen molar-refractivity contribution < 1.29 is 30.6 Å². The second kappa shape index (κ2) is 11.9. The lowest BCUT2D eigenvalue weighted by atomic mass is 9.86. The van der Waals surface area contributed by atoms with Gasteiger partial charge in [-0.3, -0.25) is 0 Å². The predicted molar refractivity (Wildman–Crippen MR) is 206 cm³/mol. The number of halogens is 3. The van der Waals surface area contributed by atoms with E-state index in [1.54, 1.807) is 4.49 Å². The van der Waals surface area contributed by atoms with Crippen LogP contribution in [0.3, 0.4) is 0 Å². The van der Waals surface area contributed by atoms with E-state index < -0.39 is 22.2 Å². The molecule has 11 heteroatoms. The van der Waals surface area contributed by atoms with Gasteiger partial charge in [-0.15, -0.1) is 4.49 Å². The van der Waals surface area contributed by atoms with Gasteiger partial charge in [0.2, 0.25) is 0 Å². The van der Waals surface area contributed by atoms with Crippen LogP contribution in [0.4, 0.5) is 13.2 Å². The number of hydrogen-bond donors (Lipinski definition) is 1. The van der Waals surface area contributed by atoms with Gasteiger partial charge in [0.1, 0.15) is 11.5 Å². The monoisotopic (exact) mass is 747 g/mol. The number of hydrogen-bond acceptors (Lipinski definition) is 5. The zero-order valence-corrected chi connectivity index (χ0v) is 29.4. The molecule has 0 spiro atoms.